The maximum Gasteiger partial charge on any atom is 0.461 e. The maximum atomic E-state index is 11.9. The normalized spacial score (nSPS) is 13.9. The predicted molar refractivity (Wildman–Crippen MR) is 43.6 cm³/mol. The molecule has 0 aliphatic rings. The van der Waals surface area contributed by atoms with Gasteiger partial charge in [0, 0.05) is 6.54 Å². The summed E-state index contributed by atoms with van der Waals surface area (Å²) in [5, 5.41) is 1.14. The van der Waals surface area contributed by atoms with Gasteiger partial charge in [0.1, 0.15) is 0 Å². The van der Waals surface area contributed by atoms with Gasteiger partial charge in [0.15, 0.2) is 0 Å². The van der Waals surface area contributed by atoms with Crippen LogP contribution in [0.5, 0.6) is 0 Å². The summed E-state index contributed by atoms with van der Waals surface area (Å²) in [6.45, 7) is 0.472. The summed E-state index contributed by atoms with van der Waals surface area (Å²) in [5.74, 6) is -6.85. The van der Waals surface area contributed by atoms with Crippen molar-refractivity contribution in [2.24, 2.45) is 5.73 Å². The van der Waals surface area contributed by atoms with Crippen LogP contribution < -0.4 is 5.73 Å². The monoisotopic (exact) mass is 311 g/mol. The average molecular weight is 311 g/mol. The Bertz CT molecular complexity index is 349. The lowest BCUT2D eigenvalue weighted by Gasteiger charge is -2.25. The molecular weight excluding hydrogens is 303 g/mol. The number of halogens is 7. The van der Waals surface area contributed by atoms with Gasteiger partial charge in [-0.2, -0.15) is 39.2 Å². The van der Waals surface area contributed by atoms with E-state index in [1.807, 2.05) is 0 Å². The van der Waals surface area contributed by atoms with E-state index in [9.17, 15) is 39.2 Å². The van der Waals surface area contributed by atoms with Crippen molar-refractivity contribution >= 4 is 10.1 Å². The van der Waals surface area contributed by atoms with Crippen molar-refractivity contribution in [2.75, 3.05) is 13.2 Å². The molecular formula is C5H8F7NO4S. The van der Waals surface area contributed by atoms with E-state index in [0.29, 0.717) is 6.54 Å². The molecule has 0 amide bonds. The molecule has 112 valence electrons. The van der Waals surface area contributed by atoms with Crippen LogP contribution >= 0.6 is 0 Å². The molecule has 0 aromatic carbocycles. The standard InChI is InChI=1S/C3HF7O3S.C2H7NO/c4-1(5,2(6,7)8)3(9,10)14(11,12)13;3-1-2-4/h(H,11,12,13);4H,1-3H2. The largest absolute Gasteiger partial charge is 0.461 e. The molecule has 0 aromatic heterocycles. The van der Waals surface area contributed by atoms with E-state index in [2.05, 4.69) is 0 Å². The Balaban J connectivity index is 0. The van der Waals surface area contributed by atoms with Crippen molar-refractivity contribution in [3.8, 4) is 0 Å². The van der Waals surface area contributed by atoms with Gasteiger partial charge in [-0.15, -0.1) is 0 Å². The Kier molecular flexibility index (Phi) is 6.55. The van der Waals surface area contributed by atoms with E-state index in [-0.39, 0.29) is 6.61 Å². The lowest BCUT2D eigenvalue weighted by atomic mass is 10.3. The van der Waals surface area contributed by atoms with Gasteiger partial charge in [-0.25, -0.2) is 0 Å². The van der Waals surface area contributed by atoms with Crippen molar-refractivity contribution in [1.29, 1.82) is 0 Å². The first kappa shape index (κ1) is 19.7. The van der Waals surface area contributed by atoms with Crippen LogP contribution in [-0.4, -0.2) is 48.6 Å². The highest BCUT2D eigenvalue weighted by molar-refractivity contribution is 7.87. The minimum absolute atomic E-state index is 0.0972. The molecule has 5 nitrogen and oxygen atoms in total. The quantitative estimate of drug-likeness (QED) is 0.523. The Morgan fingerprint density at radius 3 is 1.33 bits per heavy atom. The molecule has 0 radical (unpaired) electrons. The molecule has 4 N–H and O–H groups in total. The molecule has 0 aromatic rings. The molecule has 0 spiro atoms. The Labute approximate surface area is 96.1 Å². The van der Waals surface area contributed by atoms with Crippen LogP contribution in [0.1, 0.15) is 0 Å². The molecule has 0 unspecified atom stereocenters. The number of alkyl halides is 7. The first-order valence-electron chi connectivity index (χ1n) is 3.77. The van der Waals surface area contributed by atoms with Gasteiger partial charge in [0.05, 0.1) is 6.61 Å². The highest BCUT2D eigenvalue weighted by atomic mass is 32.2. The molecule has 0 aliphatic heterocycles. The molecule has 0 fully saturated rings. The van der Waals surface area contributed by atoms with Gasteiger partial charge in [0.25, 0.3) is 0 Å². The fourth-order valence-electron chi connectivity index (χ4n) is 0.327. The van der Waals surface area contributed by atoms with Crippen LogP contribution in [0.3, 0.4) is 0 Å². The Hall–Kier alpha value is -0.660. The first-order valence-corrected chi connectivity index (χ1v) is 5.21. The van der Waals surface area contributed by atoms with E-state index < -0.39 is 27.5 Å². The number of nitrogens with two attached hydrogens (primary N) is 1. The molecule has 13 heteroatoms. The van der Waals surface area contributed by atoms with E-state index in [1.165, 1.54) is 0 Å². The molecule has 0 heterocycles. The van der Waals surface area contributed by atoms with Crippen LogP contribution in [-0.2, 0) is 10.1 Å². The van der Waals surface area contributed by atoms with Gasteiger partial charge in [-0.1, -0.05) is 0 Å². The van der Waals surface area contributed by atoms with Gasteiger partial charge < -0.3 is 10.8 Å². The van der Waals surface area contributed by atoms with E-state index in [4.69, 9.17) is 15.4 Å². The minimum atomic E-state index is -6.85. The van der Waals surface area contributed by atoms with E-state index in [1.54, 1.807) is 0 Å². The second-order valence-electron chi connectivity index (χ2n) is 2.58. The summed E-state index contributed by atoms with van der Waals surface area (Å²) in [5.41, 5.74) is 4.78. The zero-order chi connectivity index (χ0) is 15.4. The Morgan fingerprint density at radius 1 is 1.00 bits per heavy atom. The molecule has 0 bridgehead atoms. The summed E-state index contributed by atoms with van der Waals surface area (Å²) < 4.78 is 108. The first-order chi connectivity index (χ1) is 7.66. The summed E-state index contributed by atoms with van der Waals surface area (Å²) >= 11 is 0. The molecule has 0 aliphatic carbocycles. The fourth-order valence-corrected chi connectivity index (χ4v) is 0.767. The number of hydrogen-bond acceptors (Lipinski definition) is 4. The SMILES string of the molecule is NCCO.O=S(=O)(O)C(F)(F)C(F)(F)C(F)(F)F. The van der Waals surface area contributed by atoms with Crippen LogP contribution in [0.2, 0.25) is 0 Å². The third-order valence-electron chi connectivity index (χ3n) is 1.17. The van der Waals surface area contributed by atoms with Crippen molar-refractivity contribution in [3.05, 3.63) is 0 Å². The van der Waals surface area contributed by atoms with Crippen molar-refractivity contribution in [3.63, 3.8) is 0 Å². The van der Waals surface area contributed by atoms with Gasteiger partial charge >= 0.3 is 27.5 Å². The van der Waals surface area contributed by atoms with E-state index >= 15 is 0 Å². The second-order valence-corrected chi connectivity index (χ2v) is 4.04. The van der Waals surface area contributed by atoms with Gasteiger partial charge in [0.2, 0.25) is 0 Å². The zero-order valence-corrected chi connectivity index (χ0v) is 9.07. The fraction of sp³-hybridized carbons (Fsp3) is 1.00. The number of rotatable bonds is 3. The molecule has 0 atom stereocenters. The highest BCUT2D eigenvalue weighted by Gasteiger charge is 2.78. The lowest BCUT2D eigenvalue weighted by molar-refractivity contribution is -0.333. The molecule has 0 rings (SSSR count). The van der Waals surface area contributed by atoms with Crippen LogP contribution in [0.4, 0.5) is 30.7 Å². The topological polar surface area (TPSA) is 101 Å². The Morgan fingerprint density at radius 2 is 1.28 bits per heavy atom. The van der Waals surface area contributed by atoms with Crippen LogP contribution in [0, 0.1) is 0 Å². The van der Waals surface area contributed by atoms with E-state index in [0.717, 1.165) is 0 Å². The van der Waals surface area contributed by atoms with Gasteiger partial charge in [-0.05, 0) is 0 Å². The molecule has 0 saturated carbocycles. The summed E-state index contributed by atoms with van der Waals surface area (Å²) in [4.78, 5) is 0. The summed E-state index contributed by atoms with van der Waals surface area (Å²) in [6, 6.07) is 0. The van der Waals surface area contributed by atoms with Crippen molar-refractivity contribution < 1.29 is 48.8 Å². The smallest absolute Gasteiger partial charge is 0.395 e. The summed E-state index contributed by atoms with van der Waals surface area (Å²) in [6.07, 6.45) is -6.79. The third kappa shape index (κ3) is 4.22. The number of hydrogen-bond donors (Lipinski definition) is 3. The number of aliphatic hydroxyl groups excluding tert-OH is 1. The highest BCUT2D eigenvalue weighted by Crippen LogP contribution is 2.48. The third-order valence-corrected chi connectivity index (χ3v) is 2.08. The zero-order valence-electron chi connectivity index (χ0n) is 8.26. The second kappa shape index (κ2) is 5.99. The van der Waals surface area contributed by atoms with Crippen molar-refractivity contribution in [1.82, 2.24) is 0 Å². The van der Waals surface area contributed by atoms with Crippen LogP contribution in [0.25, 0.3) is 0 Å². The van der Waals surface area contributed by atoms with Crippen LogP contribution in [0.15, 0.2) is 0 Å². The van der Waals surface area contributed by atoms with Gasteiger partial charge in [-0.3, -0.25) is 4.55 Å². The molecule has 0 saturated heterocycles. The number of aliphatic hydroxyl groups is 1. The predicted octanol–water partition coefficient (Wildman–Crippen LogP) is 0.602. The van der Waals surface area contributed by atoms with Crippen molar-refractivity contribution in [2.45, 2.75) is 17.4 Å². The minimum Gasteiger partial charge on any atom is -0.395 e. The summed E-state index contributed by atoms with van der Waals surface area (Å²) in [7, 11) is -6.85. The average Bonchev–Trinajstić information content (AvgIpc) is 2.14. The lowest BCUT2D eigenvalue weighted by Crippen LogP contribution is -2.55. The molecule has 18 heavy (non-hydrogen) atoms. The maximum absolute atomic E-state index is 11.9.